The Morgan fingerprint density at radius 3 is 2.00 bits per heavy atom. The van der Waals surface area contributed by atoms with E-state index < -0.39 is 0 Å². The molecule has 0 aromatic heterocycles. The van der Waals surface area contributed by atoms with Crippen LogP contribution in [0.2, 0.25) is 0 Å². The van der Waals surface area contributed by atoms with Crippen LogP contribution < -0.4 is 0 Å². The molecule has 116 valence electrons. The molecule has 0 amide bonds. The van der Waals surface area contributed by atoms with E-state index in [1.165, 1.54) is 38.5 Å². The molecular formula is C17H31NO2. The van der Waals surface area contributed by atoms with Gasteiger partial charge >= 0.3 is 5.97 Å². The number of hydrogen-bond donors (Lipinski definition) is 0. The van der Waals surface area contributed by atoms with Crippen LogP contribution >= 0.6 is 0 Å². The Kier molecular flexibility index (Phi) is 15.2. The molecule has 0 fully saturated rings. The predicted molar refractivity (Wildman–Crippen MR) is 82.3 cm³/mol. The predicted octanol–water partition coefficient (Wildman–Crippen LogP) is 5.14. The zero-order valence-electron chi connectivity index (χ0n) is 13.2. The molecule has 0 aliphatic heterocycles. The summed E-state index contributed by atoms with van der Waals surface area (Å²) in [5, 5.41) is 8.41. The fourth-order valence-corrected chi connectivity index (χ4v) is 2.11. The van der Waals surface area contributed by atoms with Crippen LogP contribution in [-0.4, -0.2) is 12.6 Å². The largest absolute Gasteiger partial charge is 0.466 e. The van der Waals surface area contributed by atoms with E-state index >= 15 is 0 Å². The second-order valence-electron chi connectivity index (χ2n) is 5.41. The van der Waals surface area contributed by atoms with E-state index in [2.05, 4.69) is 13.0 Å². The van der Waals surface area contributed by atoms with Crippen LogP contribution in [0.25, 0.3) is 0 Å². The summed E-state index contributed by atoms with van der Waals surface area (Å²) in [6.45, 7) is 2.68. The van der Waals surface area contributed by atoms with Gasteiger partial charge in [0.15, 0.2) is 0 Å². The first-order valence-electron chi connectivity index (χ1n) is 8.33. The van der Waals surface area contributed by atoms with Crippen LogP contribution in [-0.2, 0) is 9.53 Å². The van der Waals surface area contributed by atoms with Crippen LogP contribution in [0.1, 0.15) is 90.4 Å². The first-order valence-corrected chi connectivity index (χ1v) is 8.33. The molecule has 0 saturated carbocycles. The van der Waals surface area contributed by atoms with Crippen LogP contribution in [0.15, 0.2) is 0 Å². The number of esters is 1. The molecule has 0 aliphatic carbocycles. The summed E-state index contributed by atoms with van der Waals surface area (Å²) in [7, 11) is 0. The second-order valence-corrected chi connectivity index (χ2v) is 5.41. The zero-order valence-corrected chi connectivity index (χ0v) is 13.2. The van der Waals surface area contributed by atoms with E-state index in [0.29, 0.717) is 19.4 Å². The highest BCUT2D eigenvalue weighted by atomic mass is 16.5. The molecule has 0 saturated heterocycles. The van der Waals surface area contributed by atoms with Gasteiger partial charge in [0.1, 0.15) is 0 Å². The van der Waals surface area contributed by atoms with E-state index in [4.69, 9.17) is 10.00 Å². The average molecular weight is 281 g/mol. The van der Waals surface area contributed by atoms with Crippen LogP contribution in [0.4, 0.5) is 0 Å². The molecular weight excluding hydrogens is 250 g/mol. The highest BCUT2D eigenvalue weighted by molar-refractivity contribution is 5.69. The van der Waals surface area contributed by atoms with Crippen LogP contribution in [0.5, 0.6) is 0 Å². The number of unbranched alkanes of at least 4 members (excludes halogenated alkanes) is 10. The molecule has 0 unspecified atom stereocenters. The van der Waals surface area contributed by atoms with E-state index in [9.17, 15) is 4.79 Å². The lowest BCUT2D eigenvalue weighted by Gasteiger charge is -2.04. The molecule has 0 radical (unpaired) electrons. The molecule has 0 N–H and O–H groups in total. The normalized spacial score (nSPS) is 10.2. The second kappa shape index (κ2) is 16.0. The molecule has 0 heterocycles. The van der Waals surface area contributed by atoms with Gasteiger partial charge in [0.05, 0.1) is 12.7 Å². The van der Waals surface area contributed by atoms with Gasteiger partial charge in [-0.3, -0.25) is 4.79 Å². The Hall–Kier alpha value is -1.04. The molecule has 0 aromatic rings. The fourth-order valence-electron chi connectivity index (χ4n) is 2.11. The number of nitriles is 1. The number of ether oxygens (including phenoxy) is 1. The monoisotopic (exact) mass is 281 g/mol. The van der Waals surface area contributed by atoms with Crippen molar-refractivity contribution in [2.45, 2.75) is 90.4 Å². The summed E-state index contributed by atoms with van der Waals surface area (Å²) < 4.78 is 5.11. The van der Waals surface area contributed by atoms with E-state index in [1.807, 2.05) is 0 Å². The summed E-state index contributed by atoms with van der Waals surface area (Å²) in [5.41, 5.74) is 0. The average Bonchev–Trinajstić information content (AvgIpc) is 2.45. The van der Waals surface area contributed by atoms with Crippen molar-refractivity contribution < 1.29 is 9.53 Å². The minimum absolute atomic E-state index is 0.0315. The van der Waals surface area contributed by atoms with Crippen molar-refractivity contribution in [3.63, 3.8) is 0 Å². The molecule has 0 bridgehead atoms. The van der Waals surface area contributed by atoms with Crippen LogP contribution in [0, 0.1) is 11.3 Å². The molecule has 0 aliphatic rings. The van der Waals surface area contributed by atoms with Gasteiger partial charge in [0.25, 0.3) is 0 Å². The third-order valence-electron chi connectivity index (χ3n) is 3.43. The van der Waals surface area contributed by atoms with Crippen LogP contribution in [0.3, 0.4) is 0 Å². The number of rotatable bonds is 14. The third-order valence-corrected chi connectivity index (χ3v) is 3.43. The van der Waals surface area contributed by atoms with Gasteiger partial charge in [-0.15, -0.1) is 0 Å². The number of carbonyl (C=O) groups is 1. The van der Waals surface area contributed by atoms with Crippen molar-refractivity contribution in [2.75, 3.05) is 6.61 Å². The quantitative estimate of drug-likeness (QED) is 0.327. The fraction of sp³-hybridized carbons (Fsp3) is 0.882. The number of carbonyl (C=O) groups excluding carboxylic acids is 1. The van der Waals surface area contributed by atoms with Gasteiger partial charge in [-0.2, -0.15) is 5.26 Å². The first kappa shape index (κ1) is 19.0. The molecule has 0 aromatic carbocycles. The van der Waals surface area contributed by atoms with E-state index in [-0.39, 0.29) is 5.97 Å². The van der Waals surface area contributed by atoms with Crippen molar-refractivity contribution in [1.82, 2.24) is 0 Å². The highest BCUT2D eigenvalue weighted by Crippen LogP contribution is 2.11. The lowest BCUT2D eigenvalue weighted by molar-refractivity contribution is -0.143. The molecule has 0 rings (SSSR count). The maximum absolute atomic E-state index is 11.3. The first-order chi connectivity index (χ1) is 9.81. The maximum atomic E-state index is 11.3. The van der Waals surface area contributed by atoms with E-state index in [1.54, 1.807) is 0 Å². The summed E-state index contributed by atoms with van der Waals surface area (Å²) in [6.07, 6.45) is 14.0. The topological polar surface area (TPSA) is 50.1 Å². The Bertz CT molecular complexity index is 258. The maximum Gasteiger partial charge on any atom is 0.305 e. The van der Waals surface area contributed by atoms with Gasteiger partial charge in [0.2, 0.25) is 0 Å². The molecule has 20 heavy (non-hydrogen) atoms. The van der Waals surface area contributed by atoms with Crippen molar-refractivity contribution in [2.24, 2.45) is 0 Å². The number of nitrogens with zero attached hydrogens (tertiary/aromatic N) is 1. The lowest BCUT2D eigenvalue weighted by atomic mass is 10.1. The zero-order chi connectivity index (χ0) is 14.9. The Balaban J connectivity index is 3.09. The van der Waals surface area contributed by atoms with Gasteiger partial charge in [-0.1, -0.05) is 58.3 Å². The molecule has 3 nitrogen and oxygen atoms in total. The Morgan fingerprint density at radius 2 is 1.45 bits per heavy atom. The summed E-state index contributed by atoms with van der Waals surface area (Å²) in [6, 6.07) is 2.18. The Morgan fingerprint density at radius 1 is 0.900 bits per heavy atom. The van der Waals surface area contributed by atoms with Crippen molar-refractivity contribution in [3.05, 3.63) is 0 Å². The van der Waals surface area contributed by atoms with Crippen molar-refractivity contribution in [3.8, 4) is 6.07 Å². The molecule has 0 spiro atoms. The van der Waals surface area contributed by atoms with E-state index in [0.717, 1.165) is 32.1 Å². The SMILES string of the molecule is CCCCOC(=O)CCCCCCCCCCCC#N. The smallest absolute Gasteiger partial charge is 0.305 e. The summed E-state index contributed by atoms with van der Waals surface area (Å²) in [5.74, 6) is -0.0315. The molecule has 0 atom stereocenters. The Labute approximate surface area is 124 Å². The number of hydrogen-bond acceptors (Lipinski definition) is 3. The molecule has 3 heteroatoms. The third kappa shape index (κ3) is 15.0. The van der Waals surface area contributed by atoms with Crippen molar-refractivity contribution >= 4 is 5.97 Å². The summed E-state index contributed by atoms with van der Waals surface area (Å²) in [4.78, 5) is 11.3. The van der Waals surface area contributed by atoms with Gasteiger partial charge < -0.3 is 4.74 Å². The standard InChI is InChI=1S/C17H31NO2/c1-2-3-16-20-17(19)14-12-10-8-6-4-5-7-9-11-13-15-18/h2-14,16H2,1H3. The van der Waals surface area contributed by atoms with Gasteiger partial charge in [0, 0.05) is 12.8 Å². The highest BCUT2D eigenvalue weighted by Gasteiger charge is 2.01. The van der Waals surface area contributed by atoms with Crippen molar-refractivity contribution in [1.29, 1.82) is 5.26 Å². The summed E-state index contributed by atoms with van der Waals surface area (Å²) >= 11 is 0. The van der Waals surface area contributed by atoms with Gasteiger partial charge in [-0.25, -0.2) is 0 Å². The minimum atomic E-state index is -0.0315. The lowest BCUT2D eigenvalue weighted by Crippen LogP contribution is -2.05. The van der Waals surface area contributed by atoms with Gasteiger partial charge in [-0.05, 0) is 19.3 Å². The minimum Gasteiger partial charge on any atom is -0.466 e.